The Bertz CT molecular complexity index is 5000. The van der Waals surface area contributed by atoms with Crippen molar-refractivity contribution in [1.82, 2.24) is 78.1 Å². The molecule has 0 amide bonds. The van der Waals surface area contributed by atoms with Gasteiger partial charge in [-0.1, -0.05) is 74.2 Å². The minimum atomic E-state index is -1.28. The first-order valence-corrected chi connectivity index (χ1v) is 53.0. The Balaban J connectivity index is 0.000000169. The maximum atomic E-state index is 12.4. The zero-order valence-electron chi connectivity index (χ0n) is 65.6. The number of aliphatic hydroxyl groups is 8. The number of unbranched alkanes of at least 4 members (excludes halogenated alkanes) is 1. The highest BCUT2D eigenvalue weighted by molar-refractivity contribution is 7.99. The van der Waals surface area contributed by atoms with E-state index in [0.717, 1.165) is 61.2 Å². The number of nitrogens with one attached hydrogen (secondary N) is 4. The van der Waals surface area contributed by atoms with E-state index in [4.69, 9.17) is 18.9 Å². The number of hydrogen-bond donors (Lipinski definition) is 12. The fourth-order valence-corrected chi connectivity index (χ4v) is 20.0. The van der Waals surface area contributed by atoms with E-state index in [0.29, 0.717) is 92.2 Å². The fraction of sp³-hybridized carbons (Fsp3) is 0.657. The average molecular weight is 1690 g/mol. The number of aromatic amines is 4. The van der Waals surface area contributed by atoms with E-state index in [2.05, 4.69) is 152 Å². The second kappa shape index (κ2) is 37.2. The molecular weight excluding hydrogens is 1570 g/mol. The summed E-state index contributed by atoms with van der Waals surface area (Å²) < 4.78 is 30.8. The number of imidazole rings is 4. The number of ether oxygens (including phenoxy) is 4. The van der Waals surface area contributed by atoms with Crippen molar-refractivity contribution < 1.29 is 59.8 Å². The van der Waals surface area contributed by atoms with Crippen LogP contribution in [0.3, 0.4) is 0 Å². The molecule has 0 bridgehead atoms. The number of aryl methyl sites for hydroxylation is 4. The van der Waals surface area contributed by atoms with Gasteiger partial charge in [-0.2, -0.15) is 0 Å². The Morgan fingerprint density at radius 3 is 0.855 bits per heavy atom. The number of fused-ring (bicyclic) bond motifs is 4. The molecule has 0 aliphatic carbocycles. The van der Waals surface area contributed by atoms with Gasteiger partial charge in [0.15, 0.2) is 90.2 Å². The van der Waals surface area contributed by atoms with Crippen LogP contribution in [0.2, 0.25) is 0 Å². The van der Waals surface area contributed by atoms with Gasteiger partial charge in [-0.25, -0.2) is 39.9 Å². The summed E-state index contributed by atoms with van der Waals surface area (Å²) in [4.78, 5) is 95.1. The van der Waals surface area contributed by atoms with E-state index in [1.54, 1.807) is 46.0 Å². The van der Waals surface area contributed by atoms with E-state index in [1.807, 2.05) is 13.2 Å². The molecule has 40 heteroatoms. The van der Waals surface area contributed by atoms with Crippen LogP contribution < -0.4 is 22.2 Å². The zero-order chi connectivity index (χ0) is 81.1. The summed E-state index contributed by atoms with van der Waals surface area (Å²) in [5, 5.41) is 87.1. The quantitative estimate of drug-likeness (QED) is 0.0173. The topological polar surface area (TPSA) is 453 Å². The SMILES string of the molecule is C=P(C)(C)CC[C@H]1O[C@@H](n2c(SC)nc3c(=O)[nH]c(C)nc32)[C@H](O)[C@@H]1O.C=P(C)(C)CC[C@H]1O[C@@H](n2c(SCC)nc3c(=O)[nH]c(C)nc32)[C@H](O)[C@@H]1O.C=P(C)(C)CC[C@H]1O[C@@H](n2c(SCCC)nc3c(=O)[nH]c(C)nc32)[C@H](O)[C@@H]1O.C=P(C)(C)CC[C@H]1O[C@@H](n2c(SCCCC)nc3c(=O)[nH]c(C)nc32)[C@H](O)[C@@H]1O. The normalized spacial score (nSPS) is 25.9. The molecule has 4 aliphatic rings. The minimum Gasteiger partial charge on any atom is -0.388 e. The van der Waals surface area contributed by atoms with Crippen LogP contribution in [-0.2, 0) is 18.9 Å². The average Bonchev–Trinajstić information content (AvgIpc) is 1.62. The summed E-state index contributed by atoms with van der Waals surface area (Å²) in [5.74, 6) is 4.18. The molecule has 612 valence electrons. The van der Waals surface area contributed by atoms with Crippen LogP contribution in [0.5, 0.6) is 0 Å². The molecule has 0 aromatic carbocycles. The third-order valence-electron chi connectivity index (χ3n) is 18.6. The maximum Gasteiger partial charge on any atom is 0.279 e. The van der Waals surface area contributed by atoms with Crippen molar-refractivity contribution >= 4 is 144 Å². The number of nitrogens with zero attached hydrogens (tertiary/aromatic N) is 12. The highest BCUT2D eigenvalue weighted by Gasteiger charge is 2.49. The second-order valence-corrected chi connectivity index (χ2v) is 52.4. The lowest BCUT2D eigenvalue weighted by atomic mass is 10.1. The zero-order valence-corrected chi connectivity index (χ0v) is 72.4. The van der Waals surface area contributed by atoms with Gasteiger partial charge >= 0.3 is 0 Å². The molecule has 8 aromatic rings. The van der Waals surface area contributed by atoms with Gasteiger partial charge in [-0.3, -0.25) is 37.4 Å². The predicted molar refractivity (Wildman–Crippen MR) is 452 cm³/mol. The van der Waals surface area contributed by atoms with E-state index in [9.17, 15) is 60.0 Å². The highest BCUT2D eigenvalue weighted by Crippen LogP contribution is 2.46. The van der Waals surface area contributed by atoms with Crippen molar-refractivity contribution in [3.63, 3.8) is 0 Å². The minimum absolute atomic E-state index is 0.193. The number of hydrogen-bond acceptors (Lipinski definition) is 28. The van der Waals surface area contributed by atoms with Crippen LogP contribution in [0.25, 0.3) is 44.7 Å². The first-order chi connectivity index (χ1) is 51.5. The molecular formula is C70H112N16O16P4S4. The summed E-state index contributed by atoms with van der Waals surface area (Å²) in [6.45, 7) is 24.8. The molecule has 0 unspecified atom stereocenters. The first kappa shape index (κ1) is 89.5. The lowest BCUT2D eigenvalue weighted by molar-refractivity contribution is -0.0400. The van der Waals surface area contributed by atoms with E-state index in [-0.39, 0.29) is 44.3 Å². The van der Waals surface area contributed by atoms with Crippen molar-refractivity contribution in [1.29, 1.82) is 0 Å². The number of H-pyrrole nitrogens is 4. The van der Waals surface area contributed by atoms with Crippen molar-refractivity contribution in [2.45, 2.75) is 212 Å². The van der Waals surface area contributed by atoms with Crippen molar-refractivity contribution in [3.8, 4) is 0 Å². The summed E-state index contributed by atoms with van der Waals surface area (Å²) in [6.07, 6.45) is 13.5. The Hall–Kier alpha value is -4.48. The molecule has 4 aliphatic heterocycles. The number of thioether (sulfide) groups is 4. The van der Waals surface area contributed by atoms with Gasteiger partial charge in [0.05, 0.1) is 24.4 Å². The van der Waals surface area contributed by atoms with Gasteiger partial charge < -0.3 is 79.7 Å². The van der Waals surface area contributed by atoms with Crippen molar-refractivity contribution in [2.75, 3.05) is 101 Å². The third kappa shape index (κ3) is 21.4. The van der Waals surface area contributed by atoms with Crippen LogP contribution in [-0.4, -0.2) is 319 Å². The van der Waals surface area contributed by atoms with Gasteiger partial charge in [-0.15, -0.1) is 52.7 Å². The monoisotopic (exact) mass is 1680 g/mol. The number of aliphatic hydroxyl groups excluding tert-OH is 8. The Kier molecular flexibility index (Phi) is 30.3. The summed E-state index contributed by atoms with van der Waals surface area (Å²) in [7, 11) is 0. The third-order valence-corrected chi connectivity index (χ3v) is 28.2. The maximum absolute atomic E-state index is 12.4. The number of rotatable bonds is 26. The molecule has 4 saturated heterocycles. The van der Waals surface area contributed by atoms with Crippen molar-refractivity contribution in [2.24, 2.45) is 0 Å². The van der Waals surface area contributed by atoms with Crippen molar-refractivity contribution in [3.05, 3.63) is 64.7 Å². The fourth-order valence-electron chi connectivity index (χ4n) is 12.9. The standard InChI is InChI=1S/C19H31N4O4PS.C18H29N4O4PS.C17H27N4O4PS.C16H25N4O4PS/c1-6-7-10-29-19-22-13-16(20-11(2)21-17(13)26)23(19)18-15(25)14(24)12(27-18)8-9-28(3,4)5;1-6-9-28-18-21-12-15(19-10(2)20-16(12)25)22(18)17-14(24)13(23)11(26-17)7-8-27(3,4)5;1-6-27-17-20-11-14(18-9(2)19-15(11)24)21(17)16-13(23)12(22)10(25-16)7-8-26(3,4)5;1-8-17-13-10(14(23)18-8)19-16(26-5)20(13)15-12(22)11(21)9(24-15)6-7-25(2,3)4/h12,14-15,18,24-25H,3,6-10H2,1-2,4-5H3,(H,20,21,26);11,13-14,17,23-24H,3,6-9H2,1-2,4-5H3,(H,19,20,25);10,12-13,16,22-23H,3,6-8H2,1-2,4-5H3,(H,18,19,24);9,11-12,15,21-22H,2,6-7H2,1,3-5H3,(H,17,18,23)/t12-,14-,15-,18-;11-,13-,14-,17-;10-,12-,13-,16-;9-,11-,12-,15-/m1111/s1. The second-order valence-electron chi connectivity index (χ2n) is 31.0. The highest BCUT2D eigenvalue weighted by atomic mass is 32.2. The predicted octanol–water partition coefficient (Wildman–Crippen LogP) is 5.81. The summed E-state index contributed by atoms with van der Waals surface area (Å²) in [6, 6.07) is 0. The van der Waals surface area contributed by atoms with E-state index in [1.165, 1.54) is 47.0 Å². The molecule has 12 N–H and O–H groups in total. The lowest BCUT2D eigenvalue weighted by Gasteiger charge is -2.20. The molecule has 0 spiro atoms. The van der Waals surface area contributed by atoms with Gasteiger partial charge in [-0.05, 0) is 156 Å². The summed E-state index contributed by atoms with van der Waals surface area (Å²) in [5.41, 5.74) is 0.937. The van der Waals surface area contributed by atoms with Gasteiger partial charge in [0, 0.05) is 11.5 Å². The van der Waals surface area contributed by atoms with Crippen LogP contribution in [0.4, 0.5) is 0 Å². The van der Waals surface area contributed by atoms with Gasteiger partial charge in [0.25, 0.3) is 22.2 Å². The van der Waals surface area contributed by atoms with E-state index >= 15 is 0 Å². The molecule has 12 heterocycles. The van der Waals surface area contributed by atoms with Crippen LogP contribution in [0.15, 0.2) is 39.8 Å². The van der Waals surface area contributed by atoms with Crippen LogP contribution >= 0.6 is 74.6 Å². The van der Waals surface area contributed by atoms with Gasteiger partial charge in [0.2, 0.25) is 0 Å². The molecule has 32 nitrogen and oxygen atoms in total. The Labute approximate surface area is 656 Å². The molecule has 16 atom stereocenters. The molecule has 0 saturated carbocycles. The van der Waals surface area contributed by atoms with E-state index < -0.39 is 126 Å². The molecule has 12 rings (SSSR count). The molecule has 110 heavy (non-hydrogen) atoms. The number of aromatic nitrogens is 16. The van der Waals surface area contributed by atoms with Crippen LogP contribution in [0.1, 0.15) is 114 Å². The molecule has 4 fully saturated rings. The molecule has 8 aromatic heterocycles. The first-order valence-electron chi connectivity index (χ1n) is 36.6. The smallest absolute Gasteiger partial charge is 0.279 e. The largest absolute Gasteiger partial charge is 0.388 e. The molecule has 0 radical (unpaired) electrons. The van der Waals surface area contributed by atoms with Gasteiger partial charge in [0.1, 0.15) is 72.1 Å². The Morgan fingerprint density at radius 2 is 0.618 bits per heavy atom. The lowest BCUT2D eigenvalue weighted by Crippen LogP contribution is -2.32. The summed E-state index contributed by atoms with van der Waals surface area (Å²) >= 11 is 5.74. The Morgan fingerprint density at radius 1 is 0.373 bits per heavy atom. The van der Waals surface area contributed by atoms with Crippen LogP contribution in [0, 0.1) is 27.7 Å².